The summed E-state index contributed by atoms with van der Waals surface area (Å²) in [6.07, 6.45) is 12.0. The first-order chi connectivity index (χ1) is 10.8. The van der Waals surface area contributed by atoms with E-state index >= 15 is 0 Å². The molecule has 1 aliphatic carbocycles. The minimum atomic E-state index is 0.0808. The van der Waals surface area contributed by atoms with E-state index in [0.29, 0.717) is 6.10 Å². The van der Waals surface area contributed by atoms with E-state index in [1.807, 2.05) is 0 Å². The summed E-state index contributed by atoms with van der Waals surface area (Å²) < 4.78 is 11.9. The Bertz CT molecular complexity index is 430. The van der Waals surface area contributed by atoms with Crippen LogP contribution in [0.15, 0.2) is 30.3 Å². The maximum Gasteiger partial charge on any atom is 0.120 e. The maximum absolute atomic E-state index is 6.53. The lowest BCUT2D eigenvalue weighted by Crippen LogP contribution is -2.40. The molecule has 0 N–H and O–H groups in total. The SMILES string of the molecule is CCCCCC1(Oc2ccccc2)CCC(CC2CO2)CC1. The second kappa shape index (κ2) is 7.50. The molecule has 0 radical (unpaired) electrons. The number of ether oxygens (including phenoxy) is 2. The fourth-order valence-electron chi connectivity index (χ4n) is 3.85. The summed E-state index contributed by atoms with van der Waals surface area (Å²) in [7, 11) is 0. The van der Waals surface area contributed by atoms with Gasteiger partial charge in [-0.2, -0.15) is 0 Å². The number of rotatable bonds is 8. The Hall–Kier alpha value is -1.02. The van der Waals surface area contributed by atoms with Crippen molar-refractivity contribution in [1.82, 2.24) is 0 Å². The molecular weight excluding hydrogens is 272 g/mol. The number of hydrogen-bond acceptors (Lipinski definition) is 2. The highest BCUT2D eigenvalue weighted by Gasteiger charge is 2.38. The first kappa shape index (κ1) is 15.9. The summed E-state index contributed by atoms with van der Waals surface area (Å²) in [5.74, 6) is 1.90. The Morgan fingerprint density at radius 3 is 2.50 bits per heavy atom. The van der Waals surface area contributed by atoms with Gasteiger partial charge in [-0.3, -0.25) is 0 Å². The highest BCUT2D eigenvalue weighted by atomic mass is 16.6. The summed E-state index contributed by atoms with van der Waals surface area (Å²) in [5.41, 5.74) is 0.0808. The van der Waals surface area contributed by atoms with Crippen molar-refractivity contribution in [1.29, 1.82) is 0 Å². The van der Waals surface area contributed by atoms with Gasteiger partial charge in [0, 0.05) is 0 Å². The van der Waals surface area contributed by atoms with Crippen molar-refractivity contribution in [3.05, 3.63) is 30.3 Å². The van der Waals surface area contributed by atoms with E-state index in [1.54, 1.807) is 0 Å². The Morgan fingerprint density at radius 2 is 1.86 bits per heavy atom. The lowest BCUT2D eigenvalue weighted by atomic mass is 9.74. The smallest absolute Gasteiger partial charge is 0.120 e. The van der Waals surface area contributed by atoms with Crippen molar-refractivity contribution >= 4 is 0 Å². The molecule has 2 fully saturated rings. The summed E-state index contributed by atoms with van der Waals surface area (Å²) in [6.45, 7) is 3.27. The minimum Gasteiger partial charge on any atom is -0.487 e. The van der Waals surface area contributed by atoms with Gasteiger partial charge < -0.3 is 9.47 Å². The van der Waals surface area contributed by atoms with Crippen molar-refractivity contribution in [3.8, 4) is 5.75 Å². The van der Waals surface area contributed by atoms with Crippen molar-refractivity contribution in [2.24, 2.45) is 5.92 Å². The van der Waals surface area contributed by atoms with E-state index in [1.165, 1.54) is 57.8 Å². The average molecular weight is 302 g/mol. The molecule has 2 aliphatic rings. The lowest BCUT2D eigenvalue weighted by Gasteiger charge is -2.40. The van der Waals surface area contributed by atoms with Gasteiger partial charge in [0.05, 0.1) is 12.7 Å². The van der Waals surface area contributed by atoms with Crippen LogP contribution in [-0.4, -0.2) is 18.3 Å². The van der Waals surface area contributed by atoms with Crippen LogP contribution < -0.4 is 4.74 Å². The second-order valence-corrected chi connectivity index (χ2v) is 7.19. The quantitative estimate of drug-likeness (QED) is 0.476. The molecule has 22 heavy (non-hydrogen) atoms. The van der Waals surface area contributed by atoms with E-state index in [9.17, 15) is 0 Å². The molecule has 2 heteroatoms. The maximum atomic E-state index is 6.53. The molecule has 0 spiro atoms. The molecule has 1 aromatic rings. The fourth-order valence-corrected chi connectivity index (χ4v) is 3.85. The van der Waals surface area contributed by atoms with Gasteiger partial charge in [-0.15, -0.1) is 0 Å². The van der Waals surface area contributed by atoms with E-state index in [2.05, 4.69) is 37.3 Å². The number of epoxide rings is 1. The zero-order valence-corrected chi connectivity index (χ0v) is 13.9. The Kier molecular flexibility index (Phi) is 5.41. The Morgan fingerprint density at radius 1 is 1.14 bits per heavy atom. The molecule has 2 nitrogen and oxygen atoms in total. The van der Waals surface area contributed by atoms with Crippen molar-refractivity contribution in [2.75, 3.05) is 6.61 Å². The normalized spacial score (nSPS) is 31.0. The minimum absolute atomic E-state index is 0.0808. The van der Waals surface area contributed by atoms with Crippen LogP contribution in [-0.2, 0) is 4.74 Å². The molecule has 1 unspecified atom stereocenters. The third-order valence-electron chi connectivity index (χ3n) is 5.33. The first-order valence-electron chi connectivity index (χ1n) is 9.15. The predicted molar refractivity (Wildman–Crippen MR) is 90.3 cm³/mol. The van der Waals surface area contributed by atoms with Gasteiger partial charge in [-0.25, -0.2) is 0 Å². The van der Waals surface area contributed by atoms with E-state index in [4.69, 9.17) is 9.47 Å². The molecule has 0 amide bonds. The molecule has 1 aliphatic heterocycles. The third-order valence-corrected chi connectivity index (χ3v) is 5.33. The second-order valence-electron chi connectivity index (χ2n) is 7.19. The predicted octanol–water partition coefficient (Wildman–Crippen LogP) is 5.36. The molecule has 1 saturated heterocycles. The first-order valence-corrected chi connectivity index (χ1v) is 9.15. The van der Waals surface area contributed by atoms with Crippen LogP contribution in [0.2, 0.25) is 0 Å². The average Bonchev–Trinajstić information content (AvgIpc) is 3.35. The highest BCUT2D eigenvalue weighted by molar-refractivity contribution is 5.22. The Labute approximate surface area is 135 Å². The van der Waals surface area contributed by atoms with Crippen LogP contribution in [0, 0.1) is 5.92 Å². The third kappa shape index (κ3) is 4.49. The highest BCUT2D eigenvalue weighted by Crippen LogP contribution is 2.41. The standard InChI is InChI=1S/C20H30O2/c1-2-3-7-12-20(22-18-8-5-4-6-9-18)13-10-17(11-14-20)15-19-16-21-19/h4-6,8-9,17,19H,2-3,7,10-16H2,1H3. The monoisotopic (exact) mass is 302 g/mol. The summed E-state index contributed by atoms with van der Waals surface area (Å²) in [5, 5.41) is 0. The number of unbranched alkanes of at least 4 members (excludes halogenated alkanes) is 2. The lowest BCUT2D eigenvalue weighted by molar-refractivity contribution is 0.00375. The molecule has 1 atom stereocenters. The van der Waals surface area contributed by atoms with E-state index < -0.39 is 0 Å². The van der Waals surface area contributed by atoms with Gasteiger partial charge in [0.2, 0.25) is 0 Å². The zero-order chi connectivity index (χ0) is 15.3. The van der Waals surface area contributed by atoms with Crippen LogP contribution in [0.1, 0.15) is 64.7 Å². The number of para-hydroxylation sites is 1. The molecule has 0 bridgehead atoms. The van der Waals surface area contributed by atoms with Crippen LogP contribution in [0.4, 0.5) is 0 Å². The van der Waals surface area contributed by atoms with Gasteiger partial charge in [0.25, 0.3) is 0 Å². The van der Waals surface area contributed by atoms with Crippen LogP contribution in [0.25, 0.3) is 0 Å². The zero-order valence-electron chi connectivity index (χ0n) is 13.9. The Balaban J connectivity index is 1.59. The molecular formula is C20H30O2. The van der Waals surface area contributed by atoms with Gasteiger partial charge >= 0.3 is 0 Å². The summed E-state index contributed by atoms with van der Waals surface area (Å²) in [4.78, 5) is 0. The van der Waals surface area contributed by atoms with Gasteiger partial charge in [0.15, 0.2) is 0 Å². The fraction of sp³-hybridized carbons (Fsp3) is 0.700. The molecule has 1 heterocycles. The van der Waals surface area contributed by atoms with Gasteiger partial charge in [-0.05, 0) is 63.0 Å². The molecule has 1 saturated carbocycles. The van der Waals surface area contributed by atoms with Gasteiger partial charge in [0.1, 0.15) is 11.4 Å². The van der Waals surface area contributed by atoms with Crippen molar-refractivity contribution < 1.29 is 9.47 Å². The summed E-state index contributed by atoms with van der Waals surface area (Å²) in [6, 6.07) is 10.4. The van der Waals surface area contributed by atoms with Crippen LogP contribution in [0.5, 0.6) is 5.75 Å². The number of hydrogen-bond donors (Lipinski definition) is 0. The van der Waals surface area contributed by atoms with Crippen molar-refractivity contribution in [2.45, 2.75) is 76.4 Å². The molecule has 3 rings (SSSR count). The molecule has 1 aromatic carbocycles. The van der Waals surface area contributed by atoms with E-state index in [-0.39, 0.29) is 5.60 Å². The van der Waals surface area contributed by atoms with Gasteiger partial charge in [-0.1, -0.05) is 38.0 Å². The topological polar surface area (TPSA) is 21.8 Å². The molecule has 0 aromatic heterocycles. The van der Waals surface area contributed by atoms with Crippen molar-refractivity contribution in [3.63, 3.8) is 0 Å². The molecule has 122 valence electrons. The largest absolute Gasteiger partial charge is 0.487 e. The van der Waals surface area contributed by atoms with E-state index in [0.717, 1.165) is 18.3 Å². The van der Waals surface area contributed by atoms with Crippen LogP contribution >= 0.6 is 0 Å². The summed E-state index contributed by atoms with van der Waals surface area (Å²) >= 11 is 0. The van der Waals surface area contributed by atoms with Crippen LogP contribution in [0.3, 0.4) is 0 Å². The number of benzene rings is 1.